The molecule has 0 radical (unpaired) electrons. The van der Waals surface area contributed by atoms with Gasteiger partial charge in [-0.3, -0.25) is 9.78 Å². The van der Waals surface area contributed by atoms with Crippen molar-refractivity contribution in [3.8, 4) is 0 Å². The van der Waals surface area contributed by atoms with E-state index >= 15 is 0 Å². The molecular weight excluding hydrogens is 257 g/mol. The van der Waals surface area contributed by atoms with Crippen LogP contribution in [0.15, 0.2) is 36.5 Å². The molecule has 0 atom stereocenters. The number of hydrogen-bond donors (Lipinski definition) is 0. The van der Waals surface area contributed by atoms with E-state index in [4.69, 9.17) is 23.2 Å². The van der Waals surface area contributed by atoms with Gasteiger partial charge in [0, 0.05) is 16.8 Å². The maximum atomic E-state index is 12.2. The minimum atomic E-state index is -0.221. The lowest BCUT2D eigenvalue weighted by atomic mass is 10.1. The van der Waals surface area contributed by atoms with Crippen molar-refractivity contribution in [2.45, 2.75) is 6.92 Å². The number of ketones is 1. The van der Waals surface area contributed by atoms with Gasteiger partial charge in [-0.05, 0) is 42.8 Å². The highest BCUT2D eigenvalue weighted by Crippen LogP contribution is 2.22. The SMILES string of the molecule is Cc1ccnc(C(=O)c2cc(Cl)ccc2Cl)c1. The monoisotopic (exact) mass is 265 g/mol. The number of hydrogen-bond acceptors (Lipinski definition) is 2. The summed E-state index contributed by atoms with van der Waals surface area (Å²) < 4.78 is 0. The van der Waals surface area contributed by atoms with E-state index in [0.717, 1.165) is 5.56 Å². The summed E-state index contributed by atoms with van der Waals surface area (Å²) in [7, 11) is 0. The summed E-state index contributed by atoms with van der Waals surface area (Å²) >= 11 is 11.8. The Morgan fingerprint density at radius 3 is 2.65 bits per heavy atom. The molecule has 0 saturated heterocycles. The van der Waals surface area contributed by atoms with E-state index < -0.39 is 0 Å². The lowest BCUT2D eigenvalue weighted by molar-refractivity contribution is 0.103. The number of nitrogens with zero attached hydrogens (tertiary/aromatic N) is 1. The summed E-state index contributed by atoms with van der Waals surface area (Å²) in [4.78, 5) is 16.2. The van der Waals surface area contributed by atoms with Crippen LogP contribution in [0.4, 0.5) is 0 Å². The van der Waals surface area contributed by atoms with Crippen molar-refractivity contribution in [1.29, 1.82) is 0 Å². The van der Waals surface area contributed by atoms with E-state index in [2.05, 4.69) is 4.98 Å². The number of carbonyl (C=O) groups is 1. The topological polar surface area (TPSA) is 30.0 Å². The van der Waals surface area contributed by atoms with Gasteiger partial charge in [-0.1, -0.05) is 23.2 Å². The predicted molar refractivity (Wildman–Crippen MR) is 68.9 cm³/mol. The Kier molecular flexibility index (Phi) is 3.46. The van der Waals surface area contributed by atoms with Crippen LogP contribution in [-0.4, -0.2) is 10.8 Å². The van der Waals surface area contributed by atoms with Crippen LogP contribution in [0.1, 0.15) is 21.6 Å². The highest BCUT2D eigenvalue weighted by molar-refractivity contribution is 6.36. The lowest BCUT2D eigenvalue weighted by Gasteiger charge is -2.04. The minimum absolute atomic E-state index is 0.221. The molecule has 1 aromatic heterocycles. The Bertz CT molecular complexity index is 581. The summed E-state index contributed by atoms with van der Waals surface area (Å²) in [5.41, 5.74) is 1.72. The second kappa shape index (κ2) is 4.86. The van der Waals surface area contributed by atoms with Crippen LogP contribution in [0, 0.1) is 6.92 Å². The van der Waals surface area contributed by atoms with Crippen LogP contribution in [-0.2, 0) is 0 Å². The van der Waals surface area contributed by atoms with Crippen molar-refractivity contribution in [1.82, 2.24) is 4.98 Å². The molecule has 0 unspecified atom stereocenters. The zero-order valence-electron chi connectivity index (χ0n) is 9.08. The van der Waals surface area contributed by atoms with Gasteiger partial charge in [0.15, 0.2) is 0 Å². The average Bonchev–Trinajstić information content (AvgIpc) is 2.31. The molecule has 4 heteroatoms. The maximum Gasteiger partial charge on any atom is 0.212 e. The summed E-state index contributed by atoms with van der Waals surface area (Å²) in [6, 6.07) is 8.35. The van der Waals surface area contributed by atoms with E-state index in [9.17, 15) is 4.79 Å². The van der Waals surface area contributed by atoms with Gasteiger partial charge in [-0.2, -0.15) is 0 Å². The molecule has 0 spiro atoms. The van der Waals surface area contributed by atoms with Gasteiger partial charge >= 0.3 is 0 Å². The zero-order valence-corrected chi connectivity index (χ0v) is 10.6. The third kappa shape index (κ3) is 2.65. The highest BCUT2D eigenvalue weighted by atomic mass is 35.5. The summed E-state index contributed by atoms with van der Waals surface area (Å²) in [5.74, 6) is -0.221. The van der Waals surface area contributed by atoms with Crippen LogP contribution in [0.2, 0.25) is 10.0 Å². The highest BCUT2D eigenvalue weighted by Gasteiger charge is 2.14. The zero-order chi connectivity index (χ0) is 12.4. The van der Waals surface area contributed by atoms with Crippen molar-refractivity contribution >= 4 is 29.0 Å². The first kappa shape index (κ1) is 12.1. The van der Waals surface area contributed by atoms with Gasteiger partial charge in [0.1, 0.15) is 5.69 Å². The Morgan fingerprint density at radius 2 is 1.94 bits per heavy atom. The minimum Gasteiger partial charge on any atom is -0.287 e. The van der Waals surface area contributed by atoms with Gasteiger partial charge in [0.05, 0.1) is 5.02 Å². The quantitative estimate of drug-likeness (QED) is 0.771. The first-order valence-corrected chi connectivity index (χ1v) is 5.76. The smallest absolute Gasteiger partial charge is 0.212 e. The summed E-state index contributed by atoms with van der Waals surface area (Å²) in [5, 5.41) is 0.855. The van der Waals surface area contributed by atoms with Crippen molar-refractivity contribution in [3.05, 3.63) is 63.4 Å². The fourth-order valence-electron chi connectivity index (χ4n) is 1.47. The molecule has 0 aliphatic carbocycles. The average molecular weight is 266 g/mol. The molecule has 0 fully saturated rings. The fourth-order valence-corrected chi connectivity index (χ4v) is 1.85. The normalized spacial score (nSPS) is 10.3. The third-order valence-corrected chi connectivity index (χ3v) is 2.89. The molecule has 0 N–H and O–H groups in total. The van der Waals surface area contributed by atoms with E-state index in [1.807, 2.05) is 13.0 Å². The molecule has 0 amide bonds. The molecule has 86 valence electrons. The van der Waals surface area contributed by atoms with Crippen molar-refractivity contribution in [3.63, 3.8) is 0 Å². The Hall–Kier alpha value is -1.38. The van der Waals surface area contributed by atoms with Crippen LogP contribution in [0.5, 0.6) is 0 Å². The van der Waals surface area contributed by atoms with Gasteiger partial charge in [0.25, 0.3) is 0 Å². The molecule has 0 aliphatic rings. The Labute approximate surface area is 109 Å². The number of carbonyl (C=O) groups excluding carboxylic acids is 1. The molecule has 1 aromatic carbocycles. The number of benzene rings is 1. The lowest BCUT2D eigenvalue weighted by Crippen LogP contribution is -2.05. The van der Waals surface area contributed by atoms with Crippen LogP contribution < -0.4 is 0 Å². The van der Waals surface area contributed by atoms with Crippen LogP contribution in [0.3, 0.4) is 0 Å². The molecule has 2 rings (SSSR count). The van der Waals surface area contributed by atoms with Gasteiger partial charge in [-0.25, -0.2) is 0 Å². The number of rotatable bonds is 2. The Morgan fingerprint density at radius 1 is 1.18 bits per heavy atom. The fraction of sp³-hybridized carbons (Fsp3) is 0.0769. The number of halogens is 2. The van der Waals surface area contributed by atoms with Crippen molar-refractivity contribution < 1.29 is 4.79 Å². The molecule has 2 aromatic rings. The van der Waals surface area contributed by atoms with E-state index in [-0.39, 0.29) is 5.78 Å². The predicted octanol–water partition coefficient (Wildman–Crippen LogP) is 3.93. The first-order valence-electron chi connectivity index (χ1n) is 5.00. The Balaban J connectivity index is 2.47. The van der Waals surface area contributed by atoms with E-state index in [1.165, 1.54) is 0 Å². The maximum absolute atomic E-state index is 12.2. The van der Waals surface area contributed by atoms with E-state index in [1.54, 1.807) is 30.5 Å². The van der Waals surface area contributed by atoms with E-state index in [0.29, 0.717) is 21.3 Å². The first-order chi connectivity index (χ1) is 8.08. The molecular formula is C13H9Cl2NO. The summed E-state index contributed by atoms with van der Waals surface area (Å²) in [6.07, 6.45) is 1.60. The largest absolute Gasteiger partial charge is 0.287 e. The molecule has 0 bridgehead atoms. The summed E-state index contributed by atoms with van der Waals surface area (Å²) in [6.45, 7) is 1.90. The molecule has 17 heavy (non-hydrogen) atoms. The van der Waals surface area contributed by atoms with Gasteiger partial charge < -0.3 is 0 Å². The number of aromatic nitrogens is 1. The van der Waals surface area contributed by atoms with Crippen LogP contribution >= 0.6 is 23.2 Å². The van der Waals surface area contributed by atoms with Gasteiger partial charge in [0.2, 0.25) is 5.78 Å². The number of pyridine rings is 1. The second-order valence-electron chi connectivity index (χ2n) is 3.67. The standard InChI is InChI=1S/C13H9Cl2NO/c1-8-4-5-16-12(6-8)13(17)10-7-9(14)2-3-11(10)15/h2-7H,1H3. The molecule has 2 nitrogen and oxygen atoms in total. The molecule has 0 aliphatic heterocycles. The number of aryl methyl sites for hydroxylation is 1. The van der Waals surface area contributed by atoms with Crippen molar-refractivity contribution in [2.75, 3.05) is 0 Å². The van der Waals surface area contributed by atoms with Gasteiger partial charge in [-0.15, -0.1) is 0 Å². The molecule has 0 saturated carbocycles. The molecule has 1 heterocycles. The van der Waals surface area contributed by atoms with Crippen molar-refractivity contribution in [2.24, 2.45) is 0 Å². The van der Waals surface area contributed by atoms with Crippen LogP contribution in [0.25, 0.3) is 0 Å². The second-order valence-corrected chi connectivity index (χ2v) is 4.52. The third-order valence-electron chi connectivity index (χ3n) is 2.32.